The van der Waals surface area contributed by atoms with Crippen LogP contribution in [-0.4, -0.2) is 19.0 Å². The first-order valence-electron chi connectivity index (χ1n) is 6.86. The Labute approximate surface area is 116 Å². The summed E-state index contributed by atoms with van der Waals surface area (Å²) < 4.78 is 0. The molecule has 0 bridgehead atoms. The molecule has 0 spiro atoms. The monoisotopic (exact) mass is 262 g/mol. The molecule has 1 amide bonds. The fraction of sp³-hybridized carbons (Fsp3) is 0.562. The van der Waals surface area contributed by atoms with Gasteiger partial charge in [0.1, 0.15) is 0 Å². The van der Waals surface area contributed by atoms with Crippen LogP contribution in [0, 0.1) is 19.3 Å². The Morgan fingerprint density at radius 1 is 1.26 bits per heavy atom. The van der Waals surface area contributed by atoms with Crippen molar-refractivity contribution in [2.24, 2.45) is 11.1 Å². The lowest BCUT2D eigenvalue weighted by molar-refractivity contribution is -0.125. The Kier molecular flexibility index (Phi) is 5.12. The van der Waals surface area contributed by atoms with Crippen molar-refractivity contribution in [3.63, 3.8) is 0 Å². The number of nitrogens with zero attached hydrogens (tertiary/aromatic N) is 1. The van der Waals surface area contributed by atoms with E-state index in [1.165, 1.54) is 5.56 Å². The molecular formula is C16H26N2O. The average Bonchev–Trinajstić information content (AvgIpc) is 2.30. The maximum Gasteiger partial charge on any atom is 0.232 e. The minimum absolute atomic E-state index is 0.146. The first-order chi connectivity index (χ1) is 8.77. The van der Waals surface area contributed by atoms with Crippen LogP contribution < -0.4 is 10.6 Å². The molecule has 2 N–H and O–H groups in total. The van der Waals surface area contributed by atoms with E-state index in [9.17, 15) is 4.79 Å². The second-order valence-electron chi connectivity index (χ2n) is 6.14. The molecule has 0 radical (unpaired) electrons. The van der Waals surface area contributed by atoms with E-state index in [2.05, 4.69) is 13.0 Å². The molecule has 0 aliphatic rings. The van der Waals surface area contributed by atoms with Gasteiger partial charge in [0.05, 0.1) is 0 Å². The van der Waals surface area contributed by atoms with E-state index in [0.717, 1.165) is 17.7 Å². The Morgan fingerprint density at radius 3 is 2.37 bits per heavy atom. The Bertz CT molecular complexity index is 447. The molecule has 0 aromatic heterocycles. The molecule has 0 heterocycles. The molecule has 0 aliphatic heterocycles. The van der Waals surface area contributed by atoms with E-state index in [0.29, 0.717) is 13.1 Å². The highest BCUT2D eigenvalue weighted by atomic mass is 16.2. The zero-order valence-corrected chi connectivity index (χ0v) is 12.8. The number of amides is 1. The molecule has 0 fully saturated rings. The molecule has 3 heteroatoms. The predicted molar refractivity (Wildman–Crippen MR) is 81.4 cm³/mol. The summed E-state index contributed by atoms with van der Waals surface area (Å²) in [6.07, 6.45) is 0.815. The van der Waals surface area contributed by atoms with Crippen LogP contribution in [0.3, 0.4) is 0 Å². The van der Waals surface area contributed by atoms with E-state index in [1.807, 2.05) is 44.7 Å². The molecule has 0 atom stereocenters. The standard InChI is InChI=1S/C16H26N2O/c1-12-7-8-14(13(2)11-12)18(10-6-9-17)15(19)16(3,4)5/h7-8,11H,6,9-10,17H2,1-5H3. The lowest BCUT2D eigenvalue weighted by Gasteiger charge is -2.30. The van der Waals surface area contributed by atoms with Gasteiger partial charge in [-0.15, -0.1) is 0 Å². The maximum atomic E-state index is 12.6. The molecule has 1 rings (SSSR count). The maximum absolute atomic E-state index is 12.6. The molecule has 3 nitrogen and oxygen atoms in total. The van der Waals surface area contributed by atoms with Crippen LogP contribution in [0.2, 0.25) is 0 Å². The number of nitrogens with two attached hydrogens (primary N) is 1. The number of anilines is 1. The molecule has 1 aromatic rings. The van der Waals surface area contributed by atoms with E-state index < -0.39 is 0 Å². The molecule has 0 unspecified atom stereocenters. The normalized spacial score (nSPS) is 11.5. The fourth-order valence-corrected chi connectivity index (χ4v) is 2.09. The van der Waals surface area contributed by atoms with Gasteiger partial charge < -0.3 is 10.6 Å². The highest BCUT2D eigenvalue weighted by Gasteiger charge is 2.28. The number of carbonyl (C=O) groups is 1. The number of aryl methyl sites for hydroxylation is 2. The molecule has 106 valence electrons. The van der Waals surface area contributed by atoms with E-state index in [4.69, 9.17) is 5.73 Å². The SMILES string of the molecule is Cc1ccc(N(CCCN)C(=O)C(C)(C)C)c(C)c1. The van der Waals surface area contributed by atoms with Crippen molar-refractivity contribution < 1.29 is 4.79 Å². The third kappa shape index (κ3) is 4.06. The van der Waals surface area contributed by atoms with E-state index >= 15 is 0 Å². The summed E-state index contributed by atoms with van der Waals surface area (Å²) in [6.45, 7) is 11.2. The summed E-state index contributed by atoms with van der Waals surface area (Å²) in [6, 6.07) is 6.19. The minimum atomic E-state index is -0.383. The van der Waals surface area contributed by atoms with Crippen molar-refractivity contribution in [1.29, 1.82) is 0 Å². The van der Waals surface area contributed by atoms with Crippen molar-refractivity contribution in [3.05, 3.63) is 29.3 Å². The predicted octanol–water partition coefficient (Wildman–Crippen LogP) is 3.03. The van der Waals surface area contributed by atoms with Crippen LogP contribution in [0.5, 0.6) is 0 Å². The summed E-state index contributed by atoms with van der Waals surface area (Å²) >= 11 is 0. The van der Waals surface area contributed by atoms with E-state index in [-0.39, 0.29) is 11.3 Å². The van der Waals surface area contributed by atoms with Crippen molar-refractivity contribution in [3.8, 4) is 0 Å². The summed E-state index contributed by atoms with van der Waals surface area (Å²) in [7, 11) is 0. The molecule has 19 heavy (non-hydrogen) atoms. The largest absolute Gasteiger partial charge is 0.330 e. The van der Waals surface area contributed by atoms with Crippen molar-refractivity contribution in [2.45, 2.75) is 41.0 Å². The van der Waals surface area contributed by atoms with Crippen LogP contribution >= 0.6 is 0 Å². The quantitative estimate of drug-likeness (QED) is 0.906. The number of rotatable bonds is 4. The highest BCUT2D eigenvalue weighted by molar-refractivity contribution is 5.97. The molecule has 1 aromatic carbocycles. The van der Waals surface area contributed by atoms with Gasteiger partial charge in [0.2, 0.25) is 5.91 Å². The minimum Gasteiger partial charge on any atom is -0.330 e. The van der Waals surface area contributed by atoms with Gasteiger partial charge in [0.15, 0.2) is 0 Å². The topological polar surface area (TPSA) is 46.3 Å². The Hall–Kier alpha value is -1.35. The lowest BCUT2D eigenvalue weighted by Crippen LogP contribution is -2.41. The summed E-state index contributed by atoms with van der Waals surface area (Å²) in [4.78, 5) is 14.5. The number of carbonyl (C=O) groups excluding carboxylic acids is 1. The first-order valence-corrected chi connectivity index (χ1v) is 6.86. The number of hydrogen-bond donors (Lipinski definition) is 1. The molecular weight excluding hydrogens is 236 g/mol. The van der Waals surface area contributed by atoms with Gasteiger partial charge in [-0.1, -0.05) is 38.5 Å². The van der Waals surface area contributed by atoms with Gasteiger partial charge in [0.25, 0.3) is 0 Å². The fourth-order valence-electron chi connectivity index (χ4n) is 2.09. The van der Waals surface area contributed by atoms with Crippen molar-refractivity contribution >= 4 is 11.6 Å². The van der Waals surface area contributed by atoms with Gasteiger partial charge in [-0.25, -0.2) is 0 Å². The Morgan fingerprint density at radius 2 is 1.89 bits per heavy atom. The van der Waals surface area contributed by atoms with Gasteiger partial charge >= 0.3 is 0 Å². The molecule has 0 aliphatic carbocycles. The van der Waals surface area contributed by atoms with Crippen LogP contribution in [0.1, 0.15) is 38.3 Å². The van der Waals surface area contributed by atoms with Crippen LogP contribution in [-0.2, 0) is 4.79 Å². The smallest absolute Gasteiger partial charge is 0.232 e. The summed E-state index contributed by atoms with van der Waals surface area (Å²) in [5.41, 5.74) is 8.55. The van der Waals surface area contributed by atoms with Crippen LogP contribution in [0.4, 0.5) is 5.69 Å². The van der Waals surface area contributed by atoms with Gasteiger partial charge in [-0.3, -0.25) is 4.79 Å². The second kappa shape index (κ2) is 6.20. The summed E-state index contributed by atoms with van der Waals surface area (Å²) in [5, 5.41) is 0. The van der Waals surface area contributed by atoms with Crippen LogP contribution in [0.25, 0.3) is 0 Å². The van der Waals surface area contributed by atoms with Gasteiger partial charge in [0, 0.05) is 17.6 Å². The molecule has 0 saturated heterocycles. The summed E-state index contributed by atoms with van der Waals surface area (Å²) in [5.74, 6) is 0.146. The van der Waals surface area contributed by atoms with Crippen molar-refractivity contribution in [1.82, 2.24) is 0 Å². The van der Waals surface area contributed by atoms with Gasteiger partial charge in [-0.05, 0) is 38.4 Å². The van der Waals surface area contributed by atoms with Gasteiger partial charge in [-0.2, -0.15) is 0 Å². The van der Waals surface area contributed by atoms with Crippen LogP contribution in [0.15, 0.2) is 18.2 Å². The zero-order valence-electron chi connectivity index (χ0n) is 12.8. The zero-order chi connectivity index (χ0) is 14.6. The van der Waals surface area contributed by atoms with E-state index in [1.54, 1.807) is 0 Å². The first kappa shape index (κ1) is 15.7. The third-order valence-electron chi connectivity index (χ3n) is 3.12. The van der Waals surface area contributed by atoms with Crippen molar-refractivity contribution in [2.75, 3.05) is 18.0 Å². The Balaban J connectivity index is 3.12. The number of hydrogen-bond acceptors (Lipinski definition) is 2. The number of benzene rings is 1. The highest BCUT2D eigenvalue weighted by Crippen LogP contribution is 2.26. The third-order valence-corrected chi connectivity index (χ3v) is 3.12. The molecule has 0 saturated carbocycles. The second-order valence-corrected chi connectivity index (χ2v) is 6.14. The average molecular weight is 262 g/mol. The lowest BCUT2D eigenvalue weighted by atomic mass is 9.93.